The fourth-order valence-corrected chi connectivity index (χ4v) is 11.1. The summed E-state index contributed by atoms with van der Waals surface area (Å²) in [6.07, 6.45) is 3.22. The summed E-state index contributed by atoms with van der Waals surface area (Å²) in [5.41, 5.74) is 13.9. The molecule has 0 aromatic heterocycles. The average Bonchev–Trinajstić information content (AvgIpc) is 3.49. The minimum Gasteiger partial charge on any atom is -0.0642 e. The maximum atomic E-state index is 2.55. The lowest BCUT2D eigenvalue weighted by atomic mass is 9.73. The molecule has 10 aromatic carbocycles. The van der Waals surface area contributed by atoms with Crippen LogP contribution in [0.1, 0.15) is 83.6 Å². The van der Waals surface area contributed by atoms with E-state index in [2.05, 4.69) is 182 Å². The molecule has 0 nitrogen and oxygen atoms in total. The molecule has 0 bridgehead atoms. The molecule has 10 aromatic rings. The molecule has 0 heterocycles. The van der Waals surface area contributed by atoms with Gasteiger partial charge >= 0.3 is 0 Å². The zero-order valence-electron chi connectivity index (χ0n) is 34.4. The predicted octanol–water partition coefficient (Wildman–Crippen LogP) is 16.4. The van der Waals surface area contributed by atoms with Gasteiger partial charge in [-0.3, -0.25) is 0 Å². The Morgan fingerprint density at radius 3 is 1.28 bits per heavy atom. The zero-order valence-corrected chi connectivity index (χ0v) is 34.4. The number of rotatable bonds is 6. The topological polar surface area (TPSA) is 0 Å². The molecule has 0 fully saturated rings. The third kappa shape index (κ3) is 4.92. The van der Waals surface area contributed by atoms with E-state index in [9.17, 15) is 0 Å². The third-order valence-corrected chi connectivity index (χ3v) is 14.0. The largest absolute Gasteiger partial charge is 0.0642 e. The molecule has 57 heavy (non-hydrogen) atoms. The van der Waals surface area contributed by atoms with E-state index >= 15 is 0 Å². The van der Waals surface area contributed by atoms with Gasteiger partial charge in [0.1, 0.15) is 0 Å². The van der Waals surface area contributed by atoms with Gasteiger partial charge in [0.15, 0.2) is 0 Å². The molecule has 0 heteroatoms. The van der Waals surface area contributed by atoms with Crippen LogP contribution < -0.4 is 0 Å². The van der Waals surface area contributed by atoms with Gasteiger partial charge < -0.3 is 0 Å². The van der Waals surface area contributed by atoms with E-state index in [0.717, 1.165) is 19.3 Å². The second kappa shape index (κ2) is 12.1. The van der Waals surface area contributed by atoms with E-state index in [4.69, 9.17) is 0 Å². The Morgan fingerprint density at radius 2 is 0.842 bits per heavy atom. The van der Waals surface area contributed by atoms with Gasteiger partial charge in [-0.2, -0.15) is 0 Å². The van der Waals surface area contributed by atoms with Crippen LogP contribution in [0.2, 0.25) is 0 Å². The number of fused-ring (bicyclic) bond motifs is 3. The summed E-state index contributed by atoms with van der Waals surface area (Å²) in [5, 5.41) is 16.3. The monoisotopic (exact) mass is 734 g/mol. The first-order chi connectivity index (χ1) is 27.6. The van der Waals surface area contributed by atoms with Crippen LogP contribution in [0.25, 0.3) is 98.0 Å². The Labute approximate surface area is 336 Å². The zero-order chi connectivity index (χ0) is 39.0. The summed E-state index contributed by atoms with van der Waals surface area (Å²) in [5.74, 6) is 0.635. The molecule has 0 radical (unpaired) electrons. The minimum atomic E-state index is -0.0551. The van der Waals surface area contributed by atoms with Gasteiger partial charge in [0, 0.05) is 5.41 Å². The highest BCUT2D eigenvalue weighted by Crippen LogP contribution is 2.55. The molecule has 278 valence electrons. The van der Waals surface area contributed by atoms with E-state index in [-0.39, 0.29) is 10.8 Å². The van der Waals surface area contributed by atoms with Gasteiger partial charge in [0.05, 0.1) is 0 Å². The first-order valence-corrected chi connectivity index (χ1v) is 21.3. The molecule has 11 rings (SSSR count). The molecule has 1 aliphatic carbocycles. The first kappa shape index (κ1) is 34.5. The average molecular weight is 735 g/mol. The Kier molecular flexibility index (Phi) is 7.35. The SMILES string of the molecule is CCC1(CC)c2cc(-c3ccc4ccc5cc(CC(C)C)cc6ccc3c4c56)ccc2-c2ccc(-c3ccc4ccc5cc(C(C)(C)C)cc6ccc3c4c56)cc21. The molecule has 0 saturated carbocycles. The van der Waals surface area contributed by atoms with E-state index < -0.39 is 0 Å². The second-order valence-corrected chi connectivity index (χ2v) is 18.7. The van der Waals surface area contributed by atoms with Gasteiger partial charge in [-0.15, -0.1) is 0 Å². The molecule has 0 aliphatic heterocycles. The Hall–Kier alpha value is -5.72. The van der Waals surface area contributed by atoms with Crippen molar-refractivity contribution in [2.24, 2.45) is 5.92 Å². The van der Waals surface area contributed by atoms with E-state index in [0.29, 0.717) is 5.92 Å². The maximum absolute atomic E-state index is 2.55. The van der Waals surface area contributed by atoms with Crippen molar-refractivity contribution in [3.8, 4) is 33.4 Å². The van der Waals surface area contributed by atoms with Crippen LogP contribution in [0.3, 0.4) is 0 Å². The third-order valence-electron chi connectivity index (χ3n) is 14.0. The highest BCUT2D eigenvalue weighted by atomic mass is 14.4. The summed E-state index contributed by atoms with van der Waals surface area (Å²) < 4.78 is 0. The molecule has 0 saturated heterocycles. The lowest BCUT2D eigenvalue weighted by molar-refractivity contribution is 0.491. The second-order valence-electron chi connectivity index (χ2n) is 18.7. The van der Waals surface area contributed by atoms with Crippen LogP contribution in [-0.2, 0) is 17.3 Å². The number of hydrogen-bond acceptors (Lipinski definition) is 0. The molecule has 0 N–H and O–H groups in total. The van der Waals surface area contributed by atoms with Crippen LogP contribution in [0.4, 0.5) is 0 Å². The van der Waals surface area contributed by atoms with Crippen molar-refractivity contribution in [3.63, 3.8) is 0 Å². The quantitative estimate of drug-likeness (QED) is 0.149. The molecule has 1 aliphatic rings. The lowest BCUT2D eigenvalue weighted by Gasteiger charge is -2.30. The van der Waals surface area contributed by atoms with Crippen molar-refractivity contribution in [2.75, 3.05) is 0 Å². The molecule has 0 atom stereocenters. The fraction of sp³-hybridized carbons (Fsp3) is 0.228. The molecule has 0 amide bonds. The first-order valence-electron chi connectivity index (χ1n) is 21.3. The van der Waals surface area contributed by atoms with Gasteiger partial charge in [-0.25, -0.2) is 0 Å². The predicted molar refractivity (Wildman–Crippen MR) is 249 cm³/mol. The van der Waals surface area contributed by atoms with Crippen molar-refractivity contribution in [3.05, 3.63) is 156 Å². The molecular formula is C57H50. The van der Waals surface area contributed by atoms with Crippen LogP contribution in [0.15, 0.2) is 133 Å². The Balaban J connectivity index is 1.05. The molecular weight excluding hydrogens is 685 g/mol. The van der Waals surface area contributed by atoms with Gasteiger partial charge in [0.2, 0.25) is 0 Å². The van der Waals surface area contributed by atoms with Gasteiger partial charge in [-0.1, -0.05) is 170 Å². The number of benzene rings is 10. The summed E-state index contributed by atoms with van der Waals surface area (Å²) in [7, 11) is 0. The Bertz CT molecular complexity index is 3190. The summed E-state index contributed by atoms with van der Waals surface area (Å²) in [4.78, 5) is 0. The van der Waals surface area contributed by atoms with Crippen molar-refractivity contribution >= 4 is 64.6 Å². The molecule has 0 spiro atoms. The van der Waals surface area contributed by atoms with Crippen molar-refractivity contribution in [1.82, 2.24) is 0 Å². The van der Waals surface area contributed by atoms with Crippen molar-refractivity contribution in [1.29, 1.82) is 0 Å². The highest BCUT2D eigenvalue weighted by molar-refractivity contribution is 6.27. The van der Waals surface area contributed by atoms with Gasteiger partial charge in [-0.05, 0) is 163 Å². The Morgan fingerprint density at radius 1 is 0.439 bits per heavy atom. The van der Waals surface area contributed by atoms with E-state index in [1.807, 2.05) is 0 Å². The van der Waals surface area contributed by atoms with Crippen LogP contribution in [0.5, 0.6) is 0 Å². The minimum absolute atomic E-state index is 0.0551. The fourth-order valence-electron chi connectivity index (χ4n) is 11.1. The smallest absolute Gasteiger partial charge is 0.0210 e. The normalized spacial score (nSPS) is 14.0. The number of hydrogen-bond donors (Lipinski definition) is 0. The summed E-state index contributed by atoms with van der Waals surface area (Å²) in [6, 6.07) is 52.6. The van der Waals surface area contributed by atoms with Crippen LogP contribution in [-0.4, -0.2) is 0 Å². The van der Waals surface area contributed by atoms with E-state index in [1.165, 1.54) is 120 Å². The standard InChI is InChI=1S/C57H50/c1-8-57(9-2)50-31-37(44-20-14-35-10-12-39-27-34(26-33(3)4)28-40-18-24-48(44)54(35)52(39)40)16-22-46(50)47-23-17-38(32-51(47)57)45-21-15-36-11-13-41-29-43(56(5,6)7)30-42-19-25-49(45)55(36)53(41)42/h10-25,27-33H,8-9,26H2,1-7H3. The van der Waals surface area contributed by atoms with Crippen molar-refractivity contribution in [2.45, 2.75) is 78.6 Å². The van der Waals surface area contributed by atoms with Gasteiger partial charge in [0.25, 0.3) is 0 Å². The molecule has 0 unspecified atom stereocenters. The van der Waals surface area contributed by atoms with Crippen molar-refractivity contribution < 1.29 is 0 Å². The van der Waals surface area contributed by atoms with Crippen LogP contribution in [0, 0.1) is 5.92 Å². The lowest BCUT2D eigenvalue weighted by Crippen LogP contribution is -2.23. The van der Waals surface area contributed by atoms with Crippen LogP contribution >= 0.6 is 0 Å². The summed E-state index contributed by atoms with van der Waals surface area (Å²) in [6.45, 7) is 16.4. The maximum Gasteiger partial charge on any atom is 0.0210 e. The summed E-state index contributed by atoms with van der Waals surface area (Å²) >= 11 is 0. The van der Waals surface area contributed by atoms with E-state index in [1.54, 1.807) is 0 Å². The highest BCUT2D eigenvalue weighted by Gasteiger charge is 2.41.